The number of benzene rings is 1. The second kappa shape index (κ2) is 13.0. The standard InChI is InChI=1S/C29H39N5O4S/c1-22-5-7-23(8-6-22)27(35)34-21-24(20-25(34)28(36)32-11-3-9-30-10-12-32)33(29(37)26-4-2-19-39-26)14-13-31-15-17-38-18-16-31/h2,4-8,19,24-25,30H,3,9-18,20-21H2,1H3. The number of rotatable bonds is 7. The second-order valence-electron chi connectivity index (χ2n) is 10.6. The van der Waals surface area contributed by atoms with E-state index >= 15 is 0 Å². The zero-order valence-electron chi connectivity index (χ0n) is 22.7. The van der Waals surface area contributed by atoms with Crippen LogP contribution in [-0.2, 0) is 9.53 Å². The summed E-state index contributed by atoms with van der Waals surface area (Å²) in [5.74, 6) is -0.197. The van der Waals surface area contributed by atoms with Crippen molar-refractivity contribution in [3.63, 3.8) is 0 Å². The molecule has 0 radical (unpaired) electrons. The third-order valence-corrected chi connectivity index (χ3v) is 8.83. The van der Waals surface area contributed by atoms with Gasteiger partial charge in [0.05, 0.1) is 24.1 Å². The Labute approximate surface area is 234 Å². The number of carbonyl (C=O) groups is 3. The molecular formula is C29H39N5O4S. The van der Waals surface area contributed by atoms with Crippen LogP contribution in [0.3, 0.4) is 0 Å². The summed E-state index contributed by atoms with van der Waals surface area (Å²) in [6, 6.07) is 10.4. The van der Waals surface area contributed by atoms with Crippen LogP contribution >= 0.6 is 11.3 Å². The summed E-state index contributed by atoms with van der Waals surface area (Å²) in [4.78, 5) is 50.0. The lowest BCUT2D eigenvalue weighted by Gasteiger charge is -2.33. The average molecular weight is 554 g/mol. The molecule has 3 fully saturated rings. The van der Waals surface area contributed by atoms with Crippen molar-refractivity contribution in [1.82, 2.24) is 24.9 Å². The van der Waals surface area contributed by atoms with E-state index in [1.54, 1.807) is 4.90 Å². The summed E-state index contributed by atoms with van der Waals surface area (Å²) in [7, 11) is 0. The molecule has 10 heteroatoms. The quantitative estimate of drug-likeness (QED) is 0.564. The largest absolute Gasteiger partial charge is 0.379 e. The van der Waals surface area contributed by atoms with Crippen molar-refractivity contribution in [2.45, 2.75) is 31.8 Å². The molecule has 210 valence electrons. The fourth-order valence-electron chi connectivity index (χ4n) is 5.70. The van der Waals surface area contributed by atoms with Gasteiger partial charge in [0.15, 0.2) is 0 Å². The van der Waals surface area contributed by atoms with Crippen LogP contribution in [0.15, 0.2) is 41.8 Å². The molecule has 39 heavy (non-hydrogen) atoms. The maximum absolute atomic E-state index is 13.9. The molecular weight excluding hydrogens is 514 g/mol. The van der Waals surface area contributed by atoms with Gasteiger partial charge in [0.1, 0.15) is 6.04 Å². The SMILES string of the molecule is Cc1ccc(C(=O)N2CC(N(CCN3CCOCC3)C(=O)c3cccs3)CC2C(=O)N2CCCNCC2)cc1. The van der Waals surface area contributed by atoms with E-state index in [1.807, 2.05) is 58.5 Å². The molecule has 2 aromatic rings. The summed E-state index contributed by atoms with van der Waals surface area (Å²) in [6.07, 6.45) is 1.33. The van der Waals surface area contributed by atoms with Gasteiger partial charge < -0.3 is 24.8 Å². The highest BCUT2D eigenvalue weighted by Crippen LogP contribution is 2.28. The predicted molar refractivity (Wildman–Crippen MR) is 151 cm³/mol. The number of morpholine rings is 1. The van der Waals surface area contributed by atoms with Gasteiger partial charge in [0, 0.05) is 57.9 Å². The van der Waals surface area contributed by atoms with E-state index in [4.69, 9.17) is 4.74 Å². The number of nitrogens with one attached hydrogen (secondary N) is 1. The molecule has 0 bridgehead atoms. The Morgan fingerprint density at radius 1 is 1.05 bits per heavy atom. The number of hydrogen-bond acceptors (Lipinski definition) is 7. The van der Waals surface area contributed by atoms with E-state index < -0.39 is 6.04 Å². The Bertz CT molecular complexity index is 1110. The zero-order chi connectivity index (χ0) is 27.2. The minimum atomic E-state index is -0.594. The van der Waals surface area contributed by atoms with Crippen molar-refractivity contribution in [1.29, 1.82) is 0 Å². The first kappa shape index (κ1) is 27.8. The monoisotopic (exact) mass is 553 g/mol. The fourth-order valence-corrected chi connectivity index (χ4v) is 6.38. The lowest BCUT2D eigenvalue weighted by atomic mass is 10.1. The molecule has 5 rings (SSSR count). The molecule has 3 aliphatic heterocycles. The normalized spacial score (nSPS) is 22.5. The Morgan fingerprint density at radius 2 is 1.85 bits per heavy atom. The van der Waals surface area contributed by atoms with E-state index in [0.717, 1.165) is 44.7 Å². The van der Waals surface area contributed by atoms with Crippen LogP contribution in [0.1, 0.15) is 38.4 Å². The van der Waals surface area contributed by atoms with Crippen LogP contribution < -0.4 is 5.32 Å². The summed E-state index contributed by atoms with van der Waals surface area (Å²) in [6.45, 7) is 9.62. The van der Waals surface area contributed by atoms with Crippen molar-refractivity contribution in [2.24, 2.45) is 0 Å². The molecule has 0 spiro atoms. The highest BCUT2D eigenvalue weighted by atomic mass is 32.1. The predicted octanol–water partition coefficient (Wildman–Crippen LogP) is 1.94. The molecule has 0 aliphatic carbocycles. The van der Waals surface area contributed by atoms with Crippen molar-refractivity contribution in [3.05, 3.63) is 57.8 Å². The van der Waals surface area contributed by atoms with Crippen molar-refractivity contribution in [3.8, 4) is 0 Å². The minimum absolute atomic E-state index is 0.0154. The van der Waals surface area contributed by atoms with Gasteiger partial charge in [-0.1, -0.05) is 23.8 Å². The summed E-state index contributed by atoms with van der Waals surface area (Å²) < 4.78 is 5.50. The maximum atomic E-state index is 13.9. The molecule has 3 aliphatic rings. The Hall–Kier alpha value is -2.79. The van der Waals surface area contributed by atoms with Gasteiger partial charge in [-0.05, 0) is 49.9 Å². The molecule has 3 amide bonds. The van der Waals surface area contributed by atoms with Crippen LogP contribution in [0.4, 0.5) is 0 Å². The third-order valence-electron chi connectivity index (χ3n) is 7.97. The average Bonchev–Trinajstić information content (AvgIpc) is 3.58. The number of carbonyl (C=O) groups excluding carboxylic acids is 3. The van der Waals surface area contributed by atoms with Crippen molar-refractivity contribution < 1.29 is 19.1 Å². The summed E-state index contributed by atoms with van der Waals surface area (Å²) >= 11 is 1.43. The summed E-state index contributed by atoms with van der Waals surface area (Å²) in [5.41, 5.74) is 1.65. The highest BCUT2D eigenvalue weighted by molar-refractivity contribution is 7.12. The number of thiophene rings is 1. The minimum Gasteiger partial charge on any atom is -0.379 e. The number of hydrogen-bond donors (Lipinski definition) is 1. The van der Waals surface area contributed by atoms with Gasteiger partial charge >= 0.3 is 0 Å². The number of amides is 3. The van der Waals surface area contributed by atoms with Crippen LogP contribution in [0.2, 0.25) is 0 Å². The van der Waals surface area contributed by atoms with E-state index in [2.05, 4.69) is 10.2 Å². The van der Waals surface area contributed by atoms with Crippen molar-refractivity contribution >= 4 is 29.1 Å². The molecule has 1 aromatic heterocycles. The van der Waals surface area contributed by atoms with Crippen LogP contribution in [0, 0.1) is 6.92 Å². The first-order valence-electron chi connectivity index (χ1n) is 14.0. The molecule has 1 N–H and O–H groups in total. The Kier molecular flexibility index (Phi) is 9.28. The molecule has 9 nitrogen and oxygen atoms in total. The fraction of sp³-hybridized carbons (Fsp3) is 0.552. The summed E-state index contributed by atoms with van der Waals surface area (Å²) in [5, 5.41) is 5.27. The molecule has 2 unspecified atom stereocenters. The lowest BCUT2D eigenvalue weighted by molar-refractivity contribution is -0.135. The third kappa shape index (κ3) is 6.69. The highest BCUT2D eigenvalue weighted by Gasteiger charge is 2.44. The molecule has 3 saturated heterocycles. The van der Waals surface area contributed by atoms with Gasteiger partial charge in [0.2, 0.25) is 5.91 Å². The first-order chi connectivity index (χ1) is 19.0. The molecule has 2 atom stereocenters. The van der Waals surface area contributed by atoms with Gasteiger partial charge in [-0.3, -0.25) is 19.3 Å². The number of nitrogens with zero attached hydrogens (tertiary/aromatic N) is 4. The van der Waals surface area contributed by atoms with E-state index in [-0.39, 0.29) is 23.8 Å². The topological polar surface area (TPSA) is 85.4 Å². The molecule has 0 saturated carbocycles. The number of ether oxygens (including phenoxy) is 1. The van der Waals surface area contributed by atoms with E-state index in [0.29, 0.717) is 56.3 Å². The Morgan fingerprint density at radius 3 is 2.59 bits per heavy atom. The van der Waals surface area contributed by atoms with E-state index in [1.165, 1.54) is 11.3 Å². The van der Waals surface area contributed by atoms with Gasteiger partial charge in [-0.2, -0.15) is 0 Å². The maximum Gasteiger partial charge on any atom is 0.264 e. The number of aryl methyl sites for hydroxylation is 1. The second-order valence-corrected chi connectivity index (χ2v) is 11.5. The molecule has 1 aromatic carbocycles. The van der Waals surface area contributed by atoms with Crippen LogP contribution in [-0.4, -0.2) is 122 Å². The lowest BCUT2D eigenvalue weighted by Crippen LogP contribution is -2.48. The number of likely N-dealkylation sites (tertiary alicyclic amines) is 1. The molecule has 4 heterocycles. The van der Waals surface area contributed by atoms with Crippen LogP contribution in [0.5, 0.6) is 0 Å². The van der Waals surface area contributed by atoms with Gasteiger partial charge in [0.25, 0.3) is 11.8 Å². The van der Waals surface area contributed by atoms with E-state index in [9.17, 15) is 14.4 Å². The van der Waals surface area contributed by atoms with Crippen molar-refractivity contribution in [2.75, 3.05) is 72.1 Å². The Balaban J connectivity index is 1.41. The van der Waals surface area contributed by atoms with Gasteiger partial charge in [-0.25, -0.2) is 0 Å². The smallest absolute Gasteiger partial charge is 0.264 e. The van der Waals surface area contributed by atoms with Gasteiger partial charge in [-0.15, -0.1) is 11.3 Å². The van der Waals surface area contributed by atoms with Crippen LogP contribution in [0.25, 0.3) is 0 Å². The first-order valence-corrected chi connectivity index (χ1v) is 14.9. The zero-order valence-corrected chi connectivity index (χ0v) is 23.5.